The Morgan fingerprint density at radius 3 is 2.71 bits per heavy atom. The molecule has 2 aromatic rings. The molecule has 1 aromatic carbocycles. The van der Waals surface area contributed by atoms with Crippen molar-refractivity contribution in [1.82, 2.24) is 9.78 Å². The predicted molar refractivity (Wildman–Crippen MR) is 85.6 cm³/mol. The zero-order valence-corrected chi connectivity index (χ0v) is 13.2. The van der Waals surface area contributed by atoms with Gasteiger partial charge in [-0.05, 0) is 44.0 Å². The molecule has 2 rings (SSSR count). The average Bonchev–Trinajstić information content (AvgIpc) is 2.67. The maximum atomic E-state index is 12.1. The van der Waals surface area contributed by atoms with Crippen molar-refractivity contribution in [1.29, 1.82) is 0 Å². The van der Waals surface area contributed by atoms with Gasteiger partial charge in [0.15, 0.2) is 0 Å². The molecule has 0 radical (unpaired) electrons. The Labute approximate surface area is 129 Å². The number of amides is 1. The van der Waals surface area contributed by atoms with Crippen LogP contribution in [0.5, 0.6) is 0 Å². The van der Waals surface area contributed by atoms with Gasteiger partial charge in [0, 0.05) is 11.4 Å². The minimum Gasteiger partial charge on any atom is -0.399 e. The van der Waals surface area contributed by atoms with Crippen molar-refractivity contribution < 1.29 is 4.79 Å². The number of aromatic nitrogens is 2. The van der Waals surface area contributed by atoms with Gasteiger partial charge in [-0.25, -0.2) is 0 Å². The van der Waals surface area contributed by atoms with Crippen LogP contribution in [0.15, 0.2) is 18.2 Å². The van der Waals surface area contributed by atoms with E-state index in [4.69, 9.17) is 17.3 Å². The molecule has 0 atom stereocenters. The van der Waals surface area contributed by atoms with E-state index in [1.165, 1.54) is 5.56 Å². The zero-order valence-electron chi connectivity index (χ0n) is 12.4. The van der Waals surface area contributed by atoms with Crippen molar-refractivity contribution in [3.05, 3.63) is 40.2 Å². The van der Waals surface area contributed by atoms with Crippen LogP contribution >= 0.6 is 11.6 Å². The molecule has 3 N–H and O–H groups in total. The van der Waals surface area contributed by atoms with Crippen LogP contribution in [-0.4, -0.2) is 15.7 Å². The largest absolute Gasteiger partial charge is 0.399 e. The molecule has 5 nitrogen and oxygen atoms in total. The monoisotopic (exact) mass is 306 g/mol. The lowest BCUT2D eigenvalue weighted by Crippen LogP contribution is -2.20. The number of carbonyl (C=O) groups excluding carboxylic acids is 1. The van der Waals surface area contributed by atoms with Crippen molar-refractivity contribution in [3.8, 4) is 0 Å². The van der Waals surface area contributed by atoms with Crippen molar-refractivity contribution in [2.75, 3.05) is 11.1 Å². The van der Waals surface area contributed by atoms with Crippen molar-refractivity contribution >= 4 is 28.9 Å². The topological polar surface area (TPSA) is 72.9 Å². The number of rotatable bonds is 4. The first-order valence-corrected chi connectivity index (χ1v) is 7.18. The summed E-state index contributed by atoms with van der Waals surface area (Å²) in [7, 11) is 0. The fourth-order valence-electron chi connectivity index (χ4n) is 2.36. The fourth-order valence-corrected chi connectivity index (χ4v) is 2.59. The third-order valence-corrected chi connectivity index (χ3v) is 3.76. The highest BCUT2D eigenvalue weighted by atomic mass is 35.5. The highest BCUT2D eigenvalue weighted by Gasteiger charge is 2.13. The van der Waals surface area contributed by atoms with E-state index < -0.39 is 0 Å². The van der Waals surface area contributed by atoms with Gasteiger partial charge >= 0.3 is 0 Å². The Morgan fingerprint density at radius 2 is 2.14 bits per heavy atom. The van der Waals surface area contributed by atoms with Gasteiger partial charge in [0.1, 0.15) is 6.54 Å². The highest BCUT2D eigenvalue weighted by molar-refractivity contribution is 6.34. The SMILES string of the molecule is CCc1c(C)nn(CC(=O)Nc2ccc(N)cc2Cl)c1C. The first kappa shape index (κ1) is 15.4. The van der Waals surface area contributed by atoms with Crippen LogP contribution in [0.2, 0.25) is 5.02 Å². The van der Waals surface area contributed by atoms with Crippen molar-refractivity contribution in [2.24, 2.45) is 0 Å². The Morgan fingerprint density at radius 1 is 1.43 bits per heavy atom. The standard InChI is InChI=1S/C15H19ClN4O/c1-4-12-9(2)19-20(10(12)3)8-15(21)18-14-6-5-11(17)7-13(14)16/h5-7H,4,8,17H2,1-3H3,(H,18,21). The van der Waals surface area contributed by atoms with Gasteiger partial charge < -0.3 is 11.1 Å². The summed E-state index contributed by atoms with van der Waals surface area (Å²) in [4.78, 5) is 12.1. The smallest absolute Gasteiger partial charge is 0.246 e. The van der Waals surface area contributed by atoms with Gasteiger partial charge in [-0.3, -0.25) is 9.48 Å². The number of halogens is 1. The summed E-state index contributed by atoms with van der Waals surface area (Å²) in [5, 5.41) is 7.60. The minimum absolute atomic E-state index is 0.160. The molecule has 6 heteroatoms. The third-order valence-electron chi connectivity index (χ3n) is 3.45. The Hall–Kier alpha value is -2.01. The summed E-state index contributed by atoms with van der Waals surface area (Å²) in [6, 6.07) is 4.99. The lowest BCUT2D eigenvalue weighted by molar-refractivity contribution is -0.116. The molecular formula is C15H19ClN4O. The van der Waals surface area contributed by atoms with Crippen molar-refractivity contribution in [2.45, 2.75) is 33.7 Å². The second kappa shape index (κ2) is 6.18. The van der Waals surface area contributed by atoms with Crippen LogP contribution in [-0.2, 0) is 17.8 Å². The number of carbonyl (C=O) groups is 1. The molecule has 0 aliphatic carbocycles. The molecule has 1 heterocycles. The van der Waals surface area contributed by atoms with Gasteiger partial charge in [-0.1, -0.05) is 18.5 Å². The average molecular weight is 307 g/mol. The van der Waals surface area contributed by atoms with Crippen LogP contribution in [0.3, 0.4) is 0 Å². The Bertz CT molecular complexity index is 679. The molecule has 1 amide bonds. The van der Waals surface area contributed by atoms with E-state index >= 15 is 0 Å². The summed E-state index contributed by atoms with van der Waals surface area (Å²) < 4.78 is 1.72. The van der Waals surface area contributed by atoms with E-state index in [2.05, 4.69) is 17.3 Å². The number of hydrogen-bond acceptors (Lipinski definition) is 3. The number of aryl methyl sites for hydroxylation is 1. The summed E-state index contributed by atoms with van der Waals surface area (Å²) >= 11 is 6.04. The van der Waals surface area contributed by atoms with E-state index in [0.29, 0.717) is 16.4 Å². The molecule has 0 bridgehead atoms. The molecule has 1 aromatic heterocycles. The van der Waals surface area contributed by atoms with E-state index in [1.807, 2.05) is 13.8 Å². The van der Waals surface area contributed by atoms with Crippen LogP contribution in [0, 0.1) is 13.8 Å². The van der Waals surface area contributed by atoms with Gasteiger partial charge in [0.25, 0.3) is 0 Å². The summed E-state index contributed by atoms with van der Waals surface area (Å²) in [6.07, 6.45) is 0.906. The molecule has 0 saturated heterocycles. The maximum Gasteiger partial charge on any atom is 0.246 e. The van der Waals surface area contributed by atoms with Gasteiger partial charge in [0.2, 0.25) is 5.91 Å². The molecule has 21 heavy (non-hydrogen) atoms. The van der Waals surface area contributed by atoms with Gasteiger partial charge in [-0.15, -0.1) is 0 Å². The molecule has 112 valence electrons. The first-order chi connectivity index (χ1) is 9.92. The second-order valence-corrected chi connectivity index (χ2v) is 5.36. The van der Waals surface area contributed by atoms with Crippen LogP contribution < -0.4 is 11.1 Å². The van der Waals surface area contributed by atoms with Gasteiger partial charge in [0.05, 0.1) is 16.4 Å². The fraction of sp³-hybridized carbons (Fsp3) is 0.333. The molecule has 0 unspecified atom stereocenters. The highest BCUT2D eigenvalue weighted by Crippen LogP contribution is 2.24. The molecule has 0 saturated carbocycles. The predicted octanol–water partition coefficient (Wildman–Crippen LogP) is 2.94. The number of nitrogens with two attached hydrogens (primary N) is 1. The molecular weight excluding hydrogens is 288 g/mol. The normalized spacial score (nSPS) is 10.7. The van der Waals surface area contributed by atoms with E-state index in [-0.39, 0.29) is 12.5 Å². The number of anilines is 2. The Balaban J connectivity index is 2.12. The second-order valence-electron chi connectivity index (χ2n) is 4.95. The van der Waals surface area contributed by atoms with E-state index in [0.717, 1.165) is 17.8 Å². The lowest BCUT2D eigenvalue weighted by atomic mass is 10.1. The summed E-state index contributed by atoms with van der Waals surface area (Å²) in [5.41, 5.74) is 9.91. The minimum atomic E-state index is -0.171. The lowest BCUT2D eigenvalue weighted by Gasteiger charge is -2.09. The van der Waals surface area contributed by atoms with Crippen LogP contribution in [0.25, 0.3) is 0 Å². The molecule has 0 fully saturated rings. The van der Waals surface area contributed by atoms with E-state index in [9.17, 15) is 4.79 Å². The maximum absolute atomic E-state index is 12.1. The number of hydrogen-bond donors (Lipinski definition) is 2. The number of nitrogens with zero attached hydrogens (tertiary/aromatic N) is 2. The molecule has 0 aliphatic rings. The quantitative estimate of drug-likeness (QED) is 0.853. The summed E-state index contributed by atoms with van der Waals surface area (Å²) in [5.74, 6) is -0.171. The first-order valence-electron chi connectivity index (χ1n) is 6.80. The third kappa shape index (κ3) is 3.36. The zero-order chi connectivity index (χ0) is 15.6. The number of nitrogen functional groups attached to an aromatic ring is 1. The number of benzene rings is 1. The number of nitrogens with one attached hydrogen (secondary N) is 1. The summed E-state index contributed by atoms with van der Waals surface area (Å²) in [6.45, 7) is 6.17. The van der Waals surface area contributed by atoms with Crippen LogP contribution in [0.4, 0.5) is 11.4 Å². The van der Waals surface area contributed by atoms with Crippen molar-refractivity contribution in [3.63, 3.8) is 0 Å². The van der Waals surface area contributed by atoms with E-state index in [1.54, 1.807) is 22.9 Å². The molecule has 0 spiro atoms. The van der Waals surface area contributed by atoms with Gasteiger partial charge in [-0.2, -0.15) is 5.10 Å². The van der Waals surface area contributed by atoms with Crippen LogP contribution in [0.1, 0.15) is 23.9 Å². The Kier molecular flexibility index (Phi) is 4.53. The molecule has 0 aliphatic heterocycles.